The second-order valence-electron chi connectivity index (χ2n) is 3.58. The van der Waals surface area contributed by atoms with E-state index in [1.165, 1.54) is 36.9 Å². The summed E-state index contributed by atoms with van der Waals surface area (Å²) in [5.41, 5.74) is 1.27. The van der Waals surface area contributed by atoms with Crippen LogP contribution in [0.25, 0.3) is 6.08 Å². The molecule has 0 saturated heterocycles. The van der Waals surface area contributed by atoms with Gasteiger partial charge in [0.15, 0.2) is 0 Å². The van der Waals surface area contributed by atoms with Gasteiger partial charge in [0.25, 0.3) is 5.91 Å². The largest absolute Gasteiger partial charge is 0.478 e. The van der Waals surface area contributed by atoms with Crippen molar-refractivity contribution in [3.05, 3.63) is 48.1 Å². The number of rotatable bonds is 4. The number of carbonyl (C=O) groups excluding carboxylic acids is 1. The van der Waals surface area contributed by atoms with E-state index in [2.05, 4.69) is 20.5 Å². The van der Waals surface area contributed by atoms with Crippen molar-refractivity contribution in [3.63, 3.8) is 0 Å². The number of anilines is 1. The number of carbonyl (C=O) groups is 2. The lowest BCUT2D eigenvalue weighted by Gasteiger charge is -2.05. The maximum Gasteiger partial charge on any atom is 0.328 e. The summed E-state index contributed by atoms with van der Waals surface area (Å²) in [5.74, 6) is -1.46. The monoisotopic (exact) mass is 258 g/mol. The Morgan fingerprint density at radius 3 is 2.89 bits per heavy atom. The number of carboxylic acid groups (broad SMARTS) is 1. The molecule has 96 valence electrons. The lowest BCUT2D eigenvalue weighted by molar-refractivity contribution is -0.131. The Hall–Kier alpha value is -2.96. The Labute approximate surface area is 108 Å². The number of aromatic amines is 1. The zero-order valence-electron chi connectivity index (χ0n) is 9.70. The summed E-state index contributed by atoms with van der Waals surface area (Å²) in [7, 11) is 0. The van der Waals surface area contributed by atoms with Gasteiger partial charge in [0.1, 0.15) is 0 Å². The summed E-state index contributed by atoms with van der Waals surface area (Å²) in [4.78, 5) is 26.4. The van der Waals surface area contributed by atoms with Crippen LogP contribution in [0.4, 0.5) is 5.69 Å². The molecular weight excluding hydrogens is 248 g/mol. The van der Waals surface area contributed by atoms with Gasteiger partial charge in [0.05, 0.1) is 11.9 Å². The van der Waals surface area contributed by atoms with Crippen LogP contribution in [0.1, 0.15) is 15.9 Å². The molecule has 7 heteroatoms. The van der Waals surface area contributed by atoms with Gasteiger partial charge in [0.2, 0.25) is 0 Å². The lowest BCUT2D eigenvalue weighted by Crippen LogP contribution is -2.13. The Morgan fingerprint density at radius 2 is 2.21 bits per heavy atom. The fourth-order valence-corrected chi connectivity index (χ4v) is 1.43. The highest BCUT2D eigenvalue weighted by molar-refractivity contribution is 6.06. The maximum absolute atomic E-state index is 12.0. The molecule has 19 heavy (non-hydrogen) atoms. The molecule has 0 atom stereocenters. The summed E-state index contributed by atoms with van der Waals surface area (Å²) < 4.78 is 0. The zero-order chi connectivity index (χ0) is 13.7. The minimum Gasteiger partial charge on any atom is -0.478 e. The average Bonchev–Trinajstić information content (AvgIpc) is 2.89. The third kappa shape index (κ3) is 3.25. The number of hydrogen-bond acceptors (Lipinski definition) is 4. The Kier molecular flexibility index (Phi) is 3.67. The van der Waals surface area contributed by atoms with Crippen molar-refractivity contribution >= 4 is 23.6 Å². The van der Waals surface area contributed by atoms with Crippen molar-refractivity contribution in [3.8, 4) is 0 Å². The van der Waals surface area contributed by atoms with E-state index in [0.717, 1.165) is 6.08 Å². The SMILES string of the molecule is O=C(O)C=Cc1cnccc1C(=O)Nc1cn[nH]c1. The highest BCUT2D eigenvalue weighted by Crippen LogP contribution is 2.12. The number of nitrogens with zero attached hydrogens (tertiary/aromatic N) is 2. The highest BCUT2D eigenvalue weighted by atomic mass is 16.4. The van der Waals surface area contributed by atoms with Crippen molar-refractivity contribution in [1.29, 1.82) is 0 Å². The van der Waals surface area contributed by atoms with Gasteiger partial charge in [-0.15, -0.1) is 0 Å². The summed E-state index contributed by atoms with van der Waals surface area (Å²) >= 11 is 0. The standard InChI is InChI=1S/C12H10N4O3/c17-11(18)2-1-8-5-13-4-3-10(8)12(19)16-9-6-14-15-7-9/h1-7H,(H,14,15)(H,16,19)(H,17,18). The van der Waals surface area contributed by atoms with E-state index >= 15 is 0 Å². The van der Waals surface area contributed by atoms with E-state index in [0.29, 0.717) is 16.8 Å². The van der Waals surface area contributed by atoms with Gasteiger partial charge < -0.3 is 10.4 Å². The minimum absolute atomic E-state index is 0.328. The van der Waals surface area contributed by atoms with Crippen LogP contribution >= 0.6 is 0 Å². The van der Waals surface area contributed by atoms with Crippen LogP contribution in [-0.2, 0) is 4.79 Å². The van der Waals surface area contributed by atoms with E-state index in [1.807, 2.05) is 0 Å². The molecule has 1 amide bonds. The molecular formula is C12H10N4O3. The first kappa shape index (κ1) is 12.5. The first-order chi connectivity index (χ1) is 9.16. The topological polar surface area (TPSA) is 108 Å². The van der Waals surface area contributed by atoms with Crippen LogP contribution < -0.4 is 5.32 Å². The van der Waals surface area contributed by atoms with Gasteiger partial charge in [-0.25, -0.2) is 4.79 Å². The second kappa shape index (κ2) is 5.58. The molecule has 0 aliphatic rings. The molecule has 3 N–H and O–H groups in total. The fourth-order valence-electron chi connectivity index (χ4n) is 1.43. The first-order valence-electron chi connectivity index (χ1n) is 5.32. The third-order valence-electron chi connectivity index (χ3n) is 2.26. The van der Waals surface area contributed by atoms with E-state index < -0.39 is 5.97 Å². The Balaban J connectivity index is 2.24. The summed E-state index contributed by atoms with van der Waals surface area (Å²) in [6.07, 6.45) is 8.15. The Bertz CT molecular complexity index is 620. The molecule has 2 aromatic rings. The number of pyridine rings is 1. The van der Waals surface area contributed by atoms with Gasteiger partial charge in [0, 0.05) is 35.8 Å². The van der Waals surface area contributed by atoms with Gasteiger partial charge in [-0.1, -0.05) is 0 Å². The third-order valence-corrected chi connectivity index (χ3v) is 2.26. The number of carboxylic acids is 1. The summed E-state index contributed by atoms with van der Waals surface area (Å²) in [6, 6.07) is 1.51. The maximum atomic E-state index is 12.0. The first-order valence-corrected chi connectivity index (χ1v) is 5.32. The van der Waals surface area contributed by atoms with Gasteiger partial charge >= 0.3 is 5.97 Å². The van der Waals surface area contributed by atoms with Gasteiger partial charge in [-0.05, 0) is 12.1 Å². The van der Waals surface area contributed by atoms with Crippen molar-refractivity contribution in [1.82, 2.24) is 15.2 Å². The molecule has 0 bridgehead atoms. The average molecular weight is 258 g/mol. The number of H-pyrrole nitrogens is 1. The molecule has 0 unspecified atom stereocenters. The van der Waals surface area contributed by atoms with Crippen LogP contribution in [-0.4, -0.2) is 32.2 Å². The number of aliphatic carboxylic acids is 1. The van der Waals surface area contributed by atoms with Crippen molar-refractivity contribution < 1.29 is 14.7 Å². The van der Waals surface area contributed by atoms with Crippen LogP contribution in [0, 0.1) is 0 Å². The number of aromatic nitrogens is 3. The van der Waals surface area contributed by atoms with Crippen molar-refractivity contribution in [2.75, 3.05) is 5.32 Å². The lowest BCUT2D eigenvalue weighted by atomic mass is 10.1. The molecule has 0 aliphatic carbocycles. The minimum atomic E-state index is -1.09. The van der Waals surface area contributed by atoms with E-state index in [4.69, 9.17) is 5.11 Å². The van der Waals surface area contributed by atoms with E-state index in [9.17, 15) is 9.59 Å². The number of hydrogen-bond donors (Lipinski definition) is 3. The normalized spacial score (nSPS) is 10.5. The smallest absolute Gasteiger partial charge is 0.328 e. The number of amides is 1. The van der Waals surface area contributed by atoms with E-state index in [1.54, 1.807) is 0 Å². The number of nitrogens with one attached hydrogen (secondary N) is 2. The van der Waals surface area contributed by atoms with Crippen LogP contribution in [0.5, 0.6) is 0 Å². The molecule has 2 aromatic heterocycles. The second-order valence-corrected chi connectivity index (χ2v) is 3.58. The molecule has 7 nitrogen and oxygen atoms in total. The summed E-state index contributed by atoms with van der Waals surface area (Å²) in [5, 5.41) is 17.5. The fraction of sp³-hybridized carbons (Fsp3) is 0. The Morgan fingerprint density at radius 1 is 1.37 bits per heavy atom. The predicted molar refractivity (Wildman–Crippen MR) is 67.4 cm³/mol. The zero-order valence-corrected chi connectivity index (χ0v) is 9.70. The molecule has 0 aromatic carbocycles. The highest BCUT2D eigenvalue weighted by Gasteiger charge is 2.10. The molecule has 0 aliphatic heterocycles. The van der Waals surface area contributed by atoms with Crippen molar-refractivity contribution in [2.45, 2.75) is 0 Å². The van der Waals surface area contributed by atoms with Crippen LogP contribution in [0.3, 0.4) is 0 Å². The molecule has 2 rings (SSSR count). The molecule has 0 fully saturated rings. The quantitative estimate of drug-likeness (QED) is 0.713. The molecule has 0 spiro atoms. The molecule has 2 heterocycles. The summed E-state index contributed by atoms with van der Waals surface area (Å²) in [6.45, 7) is 0. The van der Waals surface area contributed by atoms with E-state index in [-0.39, 0.29) is 5.91 Å². The van der Waals surface area contributed by atoms with Gasteiger partial charge in [-0.3, -0.25) is 14.9 Å². The predicted octanol–water partition coefficient (Wildman–Crippen LogP) is 1.15. The van der Waals surface area contributed by atoms with Crippen molar-refractivity contribution in [2.24, 2.45) is 0 Å². The molecule has 0 saturated carbocycles. The van der Waals surface area contributed by atoms with Crippen LogP contribution in [0.2, 0.25) is 0 Å². The molecule has 0 radical (unpaired) electrons. The van der Waals surface area contributed by atoms with Crippen LogP contribution in [0.15, 0.2) is 36.9 Å². The van der Waals surface area contributed by atoms with Gasteiger partial charge in [-0.2, -0.15) is 5.10 Å².